The lowest BCUT2D eigenvalue weighted by atomic mass is 9.88. The van der Waals surface area contributed by atoms with Crippen molar-refractivity contribution in [3.05, 3.63) is 69.2 Å². The van der Waals surface area contributed by atoms with Crippen molar-refractivity contribution in [2.45, 2.75) is 31.8 Å². The zero-order valence-corrected chi connectivity index (χ0v) is 13.2. The van der Waals surface area contributed by atoms with Gasteiger partial charge in [0.1, 0.15) is 0 Å². The summed E-state index contributed by atoms with van der Waals surface area (Å²) in [6.07, 6.45) is 3.45. The van der Waals surface area contributed by atoms with Gasteiger partial charge in [0.15, 0.2) is 0 Å². The fourth-order valence-corrected chi connectivity index (χ4v) is 3.62. The topological polar surface area (TPSA) is 20.2 Å². The van der Waals surface area contributed by atoms with E-state index < -0.39 is 6.10 Å². The summed E-state index contributed by atoms with van der Waals surface area (Å²) in [7, 11) is 0. The number of aryl methyl sites for hydroxylation is 1. The number of hydrogen-bond donors (Lipinski definition) is 1. The summed E-state index contributed by atoms with van der Waals surface area (Å²) in [6.45, 7) is 0. The van der Waals surface area contributed by atoms with Gasteiger partial charge in [0.05, 0.1) is 16.1 Å². The molecule has 0 saturated carbocycles. The zero-order valence-electron chi connectivity index (χ0n) is 11.7. The quantitative estimate of drug-likeness (QED) is 0.752. The Labute approximate surface area is 135 Å². The SMILES string of the molecule is OC1c2ccccc2CCCC1Cc1cccc(Cl)c1Cl. The molecular weight excluding hydrogens is 303 g/mol. The van der Waals surface area contributed by atoms with E-state index in [4.69, 9.17) is 23.2 Å². The molecule has 0 amide bonds. The maximum absolute atomic E-state index is 10.7. The molecule has 1 N–H and O–H groups in total. The molecule has 2 aromatic carbocycles. The molecule has 0 saturated heterocycles. The van der Waals surface area contributed by atoms with E-state index >= 15 is 0 Å². The van der Waals surface area contributed by atoms with Crippen LogP contribution in [0.1, 0.15) is 35.6 Å². The van der Waals surface area contributed by atoms with Crippen molar-refractivity contribution in [1.29, 1.82) is 0 Å². The Bertz CT molecular complexity index is 639. The zero-order chi connectivity index (χ0) is 14.8. The summed E-state index contributed by atoms with van der Waals surface area (Å²) in [5, 5.41) is 11.9. The summed E-state index contributed by atoms with van der Waals surface area (Å²) in [6, 6.07) is 13.9. The van der Waals surface area contributed by atoms with Crippen LogP contribution in [0.2, 0.25) is 10.0 Å². The molecular formula is C18H18Cl2O. The Morgan fingerprint density at radius 1 is 1.05 bits per heavy atom. The second-order valence-electron chi connectivity index (χ2n) is 5.71. The molecule has 0 aliphatic heterocycles. The van der Waals surface area contributed by atoms with Gasteiger partial charge < -0.3 is 5.11 Å². The van der Waals surface area contributed by atoms with Gasteiger partial charge in [-0.2, -0.15) is 0 Å². The summed E-state index contributed by atoms with van der Waals surface area (Å²) in [5.41, 5.74) is 3.36. The molecule has 0 bridgehead atoms. The predicted octanol–water partition coefficient (Wildman–Crippen LogP) is 5.22. The van der Waals surface area contributed by atoms with Crippen LogP contribution in [0.15, 0.2) is 42.5 Å². The molecule has 21 heavy (non-hydrogen) atoms. The Morgan fingerprint density at radius 2 is 1.86 bits per heavy atom. The monoisotopic (exact) mass is 320 g/mol. The number of halogens is 2. The first kappa shape index (κ1) is 14.9. The first-order valence-corrected chi connectivity index (χ1v) is 8.11. The van der Waals surface area contributed by atoms with Crippen LogP contribution in [0.4, 0.5) is 0 Å². The molecule has 0 heterocycles. The van der Waals surface area contributed by atoms with Gasteiger partial charge in [-0.05, 0) is 54.4 Å². The number of fused-ring (bicyclic) bond motifs is 1. The van der Waals surface area contributed by atoms with Gasteiger partial charge in [0.25, 0.3) is 0 Å². The van der Waals surface area contributed by atoms with E-state index in [0.29, 0.717) is 10.0 Å². The first-order valence-electron chi connectivity index (χ1n) is 7.35. The number of hydrogen-bond acceptors (Lipinski definition) is 1. The van der Waals surface area contributed by atoms with Crippen molar-refractivity contribution in [3.63, 3.8) is 0 Å². The molecule has 1 aliphatic carbocycles. The normalized spacial score (nSPS) is 21.7. The van der Waals surface area contributed by atoms with Crippen LogP contribution in [-0.2, 0) is 12.8 Å². The molecule has 2 aromatic rings. The average molecular weight is 321 g/mol. The highest BCUT2D eigenvalue weighted by Crippen LogP contribution is 2.37. The number of aliphatic hydroxyl groups is 1. The third-order valence-electron chi connectivity index (χ3n) is 4.35. The van der Waals surface area contributed by atoms with E-state index in [2.05, 4.69) is 6.07 Å². The first-order chi connectivity index (χ1) is 10.2. The molecule has 0 aromatic heterocycles. The molecule has 0 radical (unpaired) electrons. The fraction of sp³-hybridized carbons (Fsp3) is 0.333. The standard InChI is InChI=1S/C18H18Cl2O/c19-16-10-4-7-13(17(16)20)11-14-8-3-6-12-5-1-2-9-15(12)18(14)21/h1-2,4-5,7,9-10,14,18,21H,3,6,8,11H2. The Kier molecular flexibility index (Phi) is 4.54. The molecule has 0 fully saturated rings. The average Bonchev–Trinajstić information content (AvgIpc) is 2.65. The maximum atomic E-state index is 10.7. The van der Waals surface area contributed by atoms with Gasteiger partial charge in [-0.3, -0.25) is 0 Å². The third-order valence-corrected chi connectivity index (χ3v) is 5.21. The highest BCUT2D eigenvalue weighted by atomic mass is 35.5. The van der Waals surface area contributed by atoms with Gasteiger partial charge in [0.2, 0.25) is 0 Å². The minimum absolute atomic E-state index is 0.185. The van der Waals surface area contributed by atoms with E-state index in [-0.39, 0.29) is 5.92 Å². The van der Waals surface area contributed by atoms with E-state index in [0.717, 1.165) is 36.8 Å². The molecule has 1 aliphatic rings. The lowest BCUT2D eigenvalue weighted by Gasteiger charge is -2.22. The van der Waals surface area contributed by atoms with Crippen molar-refractivity contribution in [2.75, 3.05) is 0 Å². The largest absolute Gasteiger partial charge is 0.388 e. The van der Waals surface area contributed by atoms with Crippen LogP contribution < -0.4 is 0 Å². The van der Waals surface area contributed by atoms with Crippen molar-refractivity contribution in [3.8, 4) is 0 Å². The Morgan fingerprint density at radius 3 is 2.71 bits per heavy atom. The van der Waals surface area contributed by atoms with Gasteiger partial charge in [-0.1, -0.05) is 59.6 Å². The lowest BCUT2D eigenvalue weighted by molar-refractivity contribution is 0.105. The molecule has 3 heteroatoms. The second-order valence-corrected chi connectivity index (χ2v) is 6.50. The van der Waals surface area contributed by atoms with Gasteiger partial charge in [-0.25, -0.2) is 0 Å². The number of benzene rings is 2. The lowest BCUT2D eigenvalue weighted by Crippen LogP contribution is -2.15. The summed E-state index contributed by atoms with van der Waals surface area (Å²) in [5.74, 6) is 0.185. The predicted molar refractivity (Wildman–Crippen MR) is 88.0 cm³/mol. The van der Waals surface area contributed by atoms with Crippen LogP contribution in [0.25, 0.3) is 0 Å². The van der Waals surface area contributed by atoms with E-state index in [1.165, 1.54) is 5.56 Å². The van der Waals surface area contributed by atoms with Crippen molar-refractivity contribution >= 4 is 23.2 Å². The highest BCUT2D eigenvalue weighted by Gasteiger charge is 2.26. The van der Waals surface area contributed by atoms with Crippen molar-refractivity contribution in [1.82, 2.24) is 0 Å². The molecule has 3 rings (SSSR count). The molecule has 2 atom stereocenters. The third kappa shape index (κ3) is 3.11. The second kappa shape index (κ2) is 6.39. The van der Waals surface area contributed by atoms with Crippen LogP contribution >= 0.6 is 23.2 Å². The summed E-state index contributed by atoms with van der Waals surface area (Å²) in [4.78, 5) is 0. The van der Waals surface area contributed by atoms with E-state index in [1.54, 1.807) is 6.07 Å². The van der Waals surface area contributed by atoms with Crippen LogP contribution in [0, 0.1) is 5.92 Å². The number of rotatable bonds is 2. The highest BCUT2D eigenvalue weighted by molar-refractivity contribution is 6.42. The summed E-state index contributed by atoms with van der Waals surface area (Å²) >= 11 is 12.4. The Balaban J connectivity index is 1.88. The van der Waals surface area contributed by atoms with Crippen molar-refractivity contribution < 1.29 is 5.11 Å². The van der Waals surface area contributed by atoms with Crippen LogP contribution in [-0.4, -0.2) is 5.11 Å². The van der Waals surface area contributed by atoms with Crippen LogP contribution in [0.5, 0.6) is 0 Å². The van der Waals surface area contributed by atoms with Gasteiger partial charge in [0, 0.05) is 0 Å². The fourth-order valence-electron chi connectivity index (χ4n) is 3.22. The summed E-state index contributed by atoms with van der Waals surface area (Å²) < 4.78 is 0. The van der Waals surface area contributed by atoms with Gasteiger partial charge in [-0.15, -0.1) is 0 Å². The molecule has 110 valence electrons. The molecule has 2 unspecified atom stereocenters. The van der Waals surface area contributed by atoms with E-state index in [9.17, 15) is 5.11 Å². The smallest absolute Gasteiger partial charge is 0.0824 e. The van der Waals surface area contributed by atoms with Crippen LogP contribution in [0.3, 0.4) is 0 Å². The van der Waals surface area contributed by atoms with Crippen molar-refractivity contribution in [2.24, 2.45) is 5.92 Å². The van der Waals surface area contributed by atoms with E-state index in [1.807, 2.05) is 30.3 Å². The number of aliphatic hydroxyl groups excluding tert-OH is 1. The minimum atomic E-state index is -0.432. The maximum Gasteiger partial charge on any atom is 0.0824 e. The molecule has 0 spiro atoms. The minimum Gasteiger partial charge on any atom is -0.388 e. The molecule has 1 nitrogen and oxygen atoms in total. The van der Waals surface area contributed by atoms with Gasteiger partial charge >= 0.3 is 0 Å². The Hall–Kier alpha value is -1.02.